The van der Waals surface area contributed by atoms with Gasteiger partial charge in [0.15, 0.2) is 0 Å². The monoisotopic (exact) mass is 535 g/mol. The summed E-state index contributed by atoms with van der Waals surface area (Å²) in [4.78, 5) is 44.4. The molecule has 2 N–H and O–H groups in total. The van der Waals surface area contributed by atoms with Crippen LogP contribution in [0, 0.1) is 0 Å². The van der Waals surface area contributed by atoms with Crippen molar-refractivity contribution >= 4 is 17.8 Å². The van der Waals surface area contributed by atoms with E-state index in [-0.39, 0.29) is 30.8 Å². The Morgan fingerprint density at radius 1 is 0.825 bits per heavy atom. The first-order chi connectivity index (χ1) is 19.4. The molecule has 0 spiro atoms. The fourth-order valence-electron chi connectivity index (χ4n) is 4.67. The summed E-state index contributed by atoms with van der Waals surface area (Å²) in [5.74, 6) is -1.49. The van der Waals surface area contributed by atoms with Gasteiger partial charge in [-0.1, -0.05) is 72.8 Å². The molecule has 1 unspecified atom stereocenters. The van der Waals surface area contributed by atoms with Gasteiger partial charge in [-0.15, -0.1) is 0 Å². The van der Waals surface area contributed by atoms with Crippen LogP contribution < -0.4 is 5.32 Å². The van der Waals surface area contributed by atoms with Crippen LogP contribution in [-0.2, 0) is 17.8 Å². The van der Waals surface area contributed by atoms with Crippen LogP contribution in [0.15, 0.2) is 103 Å². The Labute approximate surface area is 234 Å². The third kappa shape index (κ3) is 7.41. The minimum Gasteiger partial charge on any atom is -0.481 e. The van der Waals surface area contributed by atoms with Gasteiger partial charge in [0, 0.05) is 42.7 Å². The first-order valence-electron chi connectivity index (χ1n) is 13.4. The number of carbonyl (C=O) groups excluding carboxylic acids is 2. The number of amides is 2. The number of hydrogen-bond donors (Lipinski definition) is 2. The first kappa shape index (κ1) is 28.2. The molecule has 0 saturated carbocycles. The summed E-state index contributed by atoms with van der Waals surface area (Å²) < 4.78 is 0. The highest BCUT2D eigenvalue weighted by atomic mass is 16.4. The Balaban J connectivity index is 1.60. The van der Waals surface area contributed by atoms with Crippen LogP contribution in [0.25, 0.3) is 11.1 Å². The number of rotatable bonds is 12. The van der Waals surface area contributed by atoms with E-state index in [1.54, 1.807) is 41.6 Å². The molecule has 0 aliphatic carbocycles. The van der Waals surface area contributed by atoms with Crippen molar-refractivity contribution in [2.45, 2.75) is 38.8 Å². The second-order valence-electron chi connectivity index (χ2n) is 9.65. The van der Waals surface area contributed by atoms with Crippen molar-refractivity contribution in [3.05, 3.63) is 126 Å². The lowest BCUT2D eigenvalue weighted by Crippen LogP contribution is -2.40. The molecule has 40 heavy (non-hydrogen) atoms. The largest absolute Gasteiger partial charge is 0.481 e. The third-order valence-electron chi connectivity index (χ3n) is 6.85. The van der Waals surface area contributed by atoms with E-state index in [0.717, 1.165) is 17.5 Å². The van der Waals surface area contributed by atoms with Crippen molar-refractivity contribution in [1.29, 1.82) is 0 Å². The number of carbonyl (C=O) groups is 3. The average molecular weight is 536 g/mol. The van der Waals surface area contributed by atoms with Crippen molar-refractivity contribution in [3.63, 3.8) is 0 Å². The summed E-state index contributed by atoms with van der Waals surface area (Å²) in [5, 5.41) is 12.3. The number of nitrogens with zero attached hydrogens (tertiary/aromatic N) is 2. The van der Waals surface area contributed by atoms with Gasteiger partial charge >= 0.3 is 5.97 Å². The number of carboxylic acid groups (broad SMARTS) is 1. The van der Waals surface area contributed by atoms with Crippen LogP contribution in [0.4, 0.5) is 0 Å². The van der Waals surface area contributed by atoms with Gasteiger partial charge in [0.1, 0.15) is 0 Å². The maximum Gasteiger partial charge on any atom is 0.305 e. The van der Waals surface area contributed by atoms with E-state index in [2.05, 4.69) is 10.3 Å². The van der Waals surface area contributed by atoms with E-state index in [1.807, 2.05) is 73.7 Å². The van der Waals surface area contributed by atoms with E-state index in [9.17, 15) is 19.5 Å². The zero-order chi connectivity index (χ0) is 28.3. The molecule has 1 atom stereocenters. The van der Waals surface area contributed by atoms with Crippen molar-refractivity contribution < 1.29 is 19.5 Å². The summed E-state index contributed by atoms with van der Waals surface area (Å²) in [7, 11) is 0. The van der Waals surface area contributed by atoms with Crippen molar-refractivity contribution in [2.24, 2.45) is 0 Å². The highest BCUT2D eigenvalue weighted by molar-refractivity contribution is 6.06. The molecule has 0 radical (unpaired) electrons. The summed E-state index contributed by atoms with van der Waals surface area (Å²) in [5.41, 5.74) is 4.15. The molecule has 1 heterocycles. The molecule has 0 aliphatic rings. The SMILES string of the molecule is CC(CCc1ccccc1)N(CCC(=O)O)C(=O)c1ccccc1-c1ccccc1C(=O)NCc1cccnc1. The number of nitrogens with one attached hydrogen (secondary N) is 1. The van der Waals surface area contributed by atoms with Crippen LogP contribution >= 0.6 is 0 Å². The van der Waals surface area contributed by atoms with Gasteiger partial charge in [0.2, 0.25) is 0 Å². The van der Waals surface area contributed by atoms with Gasteiger partial charge in [-0.05, 0) is 60.2 Å². The molecular weight excluding hydrogens is 502 g/mol. The zero-order valence-corrected chi connectivity index (χ0v) is 22.5. The molecule has 204 valence electrons. The Morgan fingerprint density at radius 2 is 1.45 bits per heavy atom. The lowest BCUT2D eigenvalue weighted by atomic mass is 9.93. The quantitative estimate of drug-likeness (QED) is 0.245. The fraction of sp³-hybridized carbons (Fsp3) is 0.212. The highest BCUT2D eigenvalue weighted by Crippen LogP contribution is 2.29. The Kier molecular flexibility index (Phi) is 9.77. The summed E-state index contributed by atoms with van der Waals surface area (Å²) in [6, 6.07) is 27.9. The van der Waals surface area contributed by atoms with Crippen LogP contribution in [0.2, 0.25) is 0 Å². The normalized spacial score (nSPS) is 11.4. The van der Waals surface area contributed by atoms with Crippen LogP contribution in [-0.4, -0.2) is 45.4 Å². The molecule has 7 heteroatoms. The van der Waals surface area contributed by atoms with E-state index in [0.29, 0.717) is 35.2 Å². The molecule has 3 aromatic carbocycles. The summed E-state index contributed by atoms with van der Waals surface area (Å²) in [6.07, 6.45) is 4.67. The van der Waals surface area contributed by atoms with Gasteiger partial charge in [-0.2, -0.15) is 0 Å². The fourth-order valence-corrected chi connectivity index (χ4v) is 4.67. The number of benzene rings is 3. The standard InChI is InChI=1S/C33H33N3O4/c1-24(17-18-25-10-3-2-4-11-25)36(21-19-31(37)38)33(40)30-16-8-6-14-28(30)27-13-5-7-15-29(27)32(39)35-23-26-12-9-20-34-22-26/h2-16,20,22,24H,17-19,21,23H2,1H3,(H,35,39)(H,37,38). The van der Waals surface area contributed by atoms with E-state index < -0.39 is 5.97 Å². The minimum absolute atomic E-state index is 0.0890. The third-order valence-corrected chi connectivity index (χ3v) is 6.85. The number of aromatic nitrogens is 1. The van der Waals surface area contributed by atoms with Gasteiger partial charge < -0.3 is 15.3 Å². The summed E-state index contributed by atoms with van der Waals surface area (Å²) in [6.45, 7) is 2.36. The lowest BCUT2D eigenvalue weighted by Gasteiger charge is -2.30. The molecule has 4 aromatic rings. The minimum atomic E-state index is -0.961. The van der Waals surface area contributed by atoms with E-state index in [4.69, 9.17) is 0 Å². The molecule has 2 amide bonds. The number of aliphatic carboxylic acids is 1. The summed E-state index contributed by atoms with van der Waals surface area (Å²) >= 11 is 0. The lowest BCUT2D eigenvalue weighted by molar-refractivity contribution is -0.137. The van der Waals surface area contributed by atoms with Crippen molar-refractivity contribution in [1.82, 2.24) is 15.2 Å². The highest BCUT2D eigenvalue weighted by Gasteiger charge is 2.25. The van der Waals surface area contributed by atoms with Gasteiger partial charge in [0.05, 0.1) is 6.42 Å². The van der Waals surface area contributed by atoms with Gasteiger partial charge in [0.25, 0.3) is 11.8 Å². The van der Waals surface area contributed by atoms with E-state index in [1.165, 1.54) is 0 Å². The van der Waals surface area contributed by atoms with E-state index >= 15 is 0 Å². The van der Waals surface area contributed by atoms with Crippen LogP contribution in [0.1, 0.15) is 51.6 Å². The Bertz CT molecular complexity index is 1440. The molecule has 0 saturated heterocycles. The van der Waals surface area contributed by atoms with Crippen LogP contribution in [0.3, 0.4) is 0 Å². The van der Waals surface area contributed by atoms with Gasteiger partial charge in [-0.25, -0.2) is 0 Å². The maximum absolute atomic E-state index is 14.0. The van der Waals surface area contributed by atoms with Crippen LogP contribution in [0.5, 0.6) is 0 Å². The molecular formula is C33H33N3O4. The smallest absolute Gasteiger partial charge is 0.305 e. The number of pyridine rings is 1. The number of hydrogen-bond acceptors (Lipinski definition) is 4. The maximum atomic E-state index is 14.0. The Morgan fingerprint density at radius 3 is 2.12 bits per heavy atom. The average Bonchev–Trinajstić information content (AvgIpc) is 2.99. The molecule has 0 aliphatic heterocycles. The zero-order valence-electron chi connectivity index (χ0n) is 22.5. The predicted molar refractivity (Wildman–Crippen MR) is 155 cm³/mol. The first-order valence-corrected chi connectivity index (χ1v) is 13.4. The Hall–Kier alpha value is -4.78. The van der Waals surface area contributed by atoms with Crippen molar-refractivity contribution in [3.8, 4) is 11.1 Å². The van der Waals surface area contributed by atoms with Gasteiger partial charge in [-0.3, -0.25) is 19.4 Å². The molecule has 0 fully saturated rings. The second kappa shape index (κ2) is 13.8. The predicted octanol–water partition coefficient (Wildman–Crippen LogP) is 5.62. The molecule has 0 bridgehead atoms. The second-order valence-corrected chi connectivity index (χ2v) is 9.65. The topological polar surface area (TPSA) is 99.6 Å². The molecule has 4 rings (SSSR count). The number of aryl methyl sites for hydroxylation is 1. The van der Waals surface area contributed by atoms with Crippen molar-refractivity contribution in [2.75, 3.05) is 6.54 Å². The molecule has 7 nitrogen and oxygen atoms in total. The molecule has 1 aromatic heterocycles. The number of carboxylic acids is 1.